The largest absolute Gasteiger partial charge is 0.450 e. The van der Waals surface area contributed by atoms with Crippen LogP contribution in [0.4, 0.5) is 0 Å². The number of carbonyl (C=O) groups is 1. The average Bonchev–Trinajstić information content (AvgIpc) is 2.31. The smallest absolute Gasteiger partial charge is 0.287 e. The van der Waals surface area contributed by atoms with Crippen LogP contribution >= 0.6 is 0 Å². The molecule has 4 nitrogen and oxygen atoms in total. The van der Waals surface area contributed by atoms with Crippen LogP contribution in [0.5, 0.6) is 0 Å². The lowest BCUT2D eigenvalue weighted by Crippen LogP contribution is -2.35. The molecule has 1 N–H and O–H groups in total. The highest BCUT2D eigenvalue weighted by Gasteiger charge is 2.23. The monoisotopic (exact) mass is 215 g/mol. The summed E-state index contributed by atoms with van der Waals surface area (Å²) in [4.78, 5) is 23.6. The van der Waals surface area contributed by atoms with Gasteiger partial charge in [0, 0.05) is 6.54 Å². The number of nitrogens with one attached hydrogen (secondary N) is 1. The van der Waals surface area contributed by atoms with Gasteiger partial charge >= 0.3 is 0 Å². The van der Waals surface area contributed by atoms with Crippen molar-refractivity contribution >= 4 is 16.9 Å². The Bertz CT molecular complexity index is 642. The molecule has 0 saturated heterocycles. The number of amides is 1. The third kappa shape index (κ3) is 1.16. The summed E-state index contributed by atoms with van der Waals surface area (Å²) in [5.74, 6) is -0.140. The van der Waals surface area contributed by atoms with E-state index in [9.17, 15) is 9.59 Å². The maximum Gasteiger partial charge on any atom is 0.287 e. The minimum atomic E-state index is -0.302. The summed E-state index contributed by atoms with van der Waals surface area (Å²) >= 11 is 0. The fraction of sp³-hybridized carbons (Fsp3) is 0.167. The molecule has 1 aromatic carbocycles. The molecule has 0 spiro atoms. The molecule has 1 aliphatic rings. The minimum Gasteiger partial charge on any atom is -0.450 e. The number of hydrogen-bond acceptors (Lipinski definition) is 3. The molecule has 1 amide bonds. The highest BCUT2D eigenvalue weighted by atomic mass is 16.3. The molecule has 1 aromatic heterocycles. The van der Waals surface area contributed by atoms with E-state index in [0.29, 0.717) is 29.5 Å². The van der Waals surface area contributed by atoms with Crippen molar-refractivity contribution in [2.45, 2.75) is 6.42 Å². The number of rotatable bonds is 0. The number of hydrogen-bond donors (Lipinski definition) is 1. The Morgan fingerprint density at radius 3 is 2.88 bits per heavy atom. The molecular formula is C12H9NO3. The van der Waals surface area contributed by atoms with Gasteiger partial charge in [0.1, 0.15) is 5.58 Å². The van der Waals surface area contributed by atoms with E-state index in [0.717, 1.165) is 0 Å². The summed E-state index contributed by atoms with van der Waals surface area (Å²) in [6.07, 6.45) is 0.536. The van der Waals surface area contributed by atoms with Gasteiger partial charge in [0.25, 0.3) is 5.91 Å². The van der Waals surface area contributed by atoms with Crippen LogP contribution in [0.25, 0.3) is 11.0 Å². The third-order valence-electron chi connectivity index (χ3n) is 2.76. The van der Waals surface area contributed by atoms with E-state index < -0.39 is 0 Å². The van der Waals surface area contributed by atoms with E-state index in [2.05, 4.69) is 5.32 Å². The number of para-hydroxylation sites is 1. The van der Waals surface area contributed by atoms with Crippen LogP contribution in [0.1, 0.15) is 16.1 Å². The van der Waals surface area contributed by atoms with E-state index >= 15 is 0 Å². The second kappa shape index (κ2) is 3.20. The zero-order valence-electron chi connectivity index (χ0n) is 8.45. The van der Waals surface area contributed by atoms with Crippen molar-refractivity contribution < 1.29 is 9.21 Å². The lowest BCUT2D eigenvalue weighted by molar-refractivity contribution is 0.0916. The number of benzene rings is 1. The van der Waals surface area contributed by atoms with E-state index in [1.807, 2.05) is 0 Å². The minimum absolute atomic E-state index is 0.0910. The Morgan fingerprint density at radius 1 is 1.19 bits per heavy atom. The standard InChI is InChI=1S/C12H9NO3/c14-10-7-3-1-2-4-9(7)16-11-8(10)5-6-13-12(11)15/h1-4H,5-6H2,(H,13,15). The first-order valence-electron chi connectivity index (χ1n) is 5.10. The highest BCUT2D eigenvalue weighted by Crippen LogP contribution is 2.17. The van der Waals surface area contributed by atoms with E-state index in [4.69, 9.17) is 4.42 Å². The zero-order chi connectivity index (χ0) is 11.1. The second-order valence-electron chi connectivity index (χ2n) is 3.74. The van der Waals surface area contributed by atoms with Gasteiger partial charge in [-0.3, -0.25) is 9.59 Å². The van der Waals surface area contributed by atoms with Gasteiger partial charge in [-0.2, -0.15) is 0 Å². The summed E-state index contributed by atoms with van der Waals surface area (Å²) < 4.78 is 5.47. The van der Waals surface area contributed by atoms with Crippen molar-refractivity contribution in [1.29, 1.82) is 0 Å². The maximum absolute atomic E-state index is 12.1. The van der Waals surface area contributed by atoms with Crippen LogP contribution in [-0.4, -0.2) is 12.5 Å². The molecule has 0 atom stereocenters. The van der Waals surface area contributed by atoms with E-state index in [-0.39, 0.29) is 17.1 Å². The predicted molar refractivity (Wildman–Crippen MR) is 58.5 cm³/mol. The zero-order valence-corrected chi connectivity index (χ0v) is 8.45. The Hall–Kier alpha value is -2.10. The van der Waals surface area contributed by atoms with Crippen molar-refractivity contribution in [3.63, 3.8) is 0 Å². The summed E-state index contributed by atoms with van der Waals surface area (Å²) in [6.45, 7) is 0.495. The molecule has 0 fully saturated rings. The van der Waals surface area contributed by atoms with Crippen molar-refractivity contribution in [2.24, 2.45) is 0 Å². The Labute approximate surface area is 90.9 Å². The highest BCUT2D eigenvalue weighted by molar-refractivity contribution is 5.95. The van der Waals surface area contributed by atoms with E-state index in [1.165, 1.54) is 0 Å². The van der Waals surface area contributed by atoms with Gasteiger partial charge < -0.3 is 9.73 Å². The van der Waals surface area contributed by atoms with Crippen LogP contribution in [0.2, 0.25) is 0 Å². The molecule has 0 aliphatic carbocycles. The summed E-state index contributed by atoms with van der Waals surface area (Å²) in [7, 11) is 0. The van der Waals surface area contributed by atoms with Crippen molar-refractivity contribution in [3.05, 3.63) is 45.8 Å². The van der Waals surface area contributed by atoms with Gasteiger partial charge in [0.05, 0.1) is 10.9 Å². The molecule has 0 bridgehead atoms. The van der Waals surface area contributed by atoms with E-state index in [1.54, 1.807) is 24.3 Å². The fourth-order valence-corrected chi connectivity index (χ4v) is 1.97. The first kappa shape index (κ1) is 9.15. The topological polar surface area (TPSA) is 59.3 Å². The van der Waals surface area contributed by atoms with Crippen molar-refractivity contribution in [2.75, 3.05) is 6.54 Å². The lowest BCUT2D eigenvalue weighted by Gasteiger charge is -2.14. The van der Waals surface area contributed by atoms with Gasteiger partial charge in [-0.05, 0) is 18.6 Å². The van der Waals surface area contributed by atoms with Crippen LogP contribution in [0.15, 0.2) is 33.5 Å². The fourth-order valence-electron chi connectivity index (χ4n) is 1.97. The number of carbonyl (C=O) groups excluding carboxylic acids is 1. The first-order chi connectivity index (χ1) is 7.77. The molecule has 1 aliphatic heterocycles. The average molecular weight is 215 g/mol. The van der Waals surface area contributed by atoms with Crippen LogP contribution in [0, 0.1) is 0 Å². The van der Waals surface area contributed by atoms with Crippen LogP contribution in [0.3, 0.4) is 0 Å². The summed E-state index contributed by atoms with van der Waals surface area (Å²) in [5.41, 5.74) is 0.859. The molecule has 0 saturated carbocycles. The Kier molecular flexibility index (Phi) is 1.83. The molecule has 2 heterocycles. The lowest BCUT2D eigenvalue weighted by atomic mass is 10.0. The molecule has 80 valence electrons. The van der Waals surface area contributed by atoms with Crippen LogP contribution in [-0.2, 0) is 6.42 Å². The van der Waals surface area contributed by atoms with Gasteiger partial charge in [0.2, 0.25) is 0 Å². The molecule has 4 heteroatoms. The quantitative estimate of drug-likeness (QED) is 0.715. The predicted octanol–water partition coefficient (Wildman–Crippen LogP) is 1.08. The number of fused-ring (bicyclic) bond motifs is 2. The van der Waals surface area contributed by atoms with Gasteiger partial charge in [-0.25, -0.2) is 0 Å². The normalized spacial score (nSPS) is 14.6. The SMILES string of the molecule is O=C1NCCc2c1oc1ccccc1c2=O. The summed E-state index contributed by atoms with van der Waals surface area (Å²) in [6, 6.07) is 6.97. The van der Waals surface area contributed by atoms with Crippen molar-refractivity contribution in [3.8, 4) is 0 Å². The van der Waals surface area contributed by atoms with Gasteiger partial charge in [-0.1, -0.05) is 12.1 Å². The summed E-state index contributed by atoms with van der Waals surface area (Å²) in [5, 5.41) is 3.20. The molecule has 16 heavy (non-hydrogen) atoms. The van der Waals surface area contributed by atoms with Gasteiger partial charge in [-0.15, -0.1) is 0 Å². The first-order valence-corrected chi connectivity index (χ1v) is 5.10. The molecule has 2 aromatic rings. The third-order valence-corrected chi connectivity index (χ3v) is 2.76. The molecule has 3 rings (SSSR count). The molecule has 0 radical (unpaired) electrons. The Balaban J connectivity index is 2.45. The molecule has 0 unspecified atom stereocenters. The Morgan fingerprint density at radius 2 is 2.00 bits per heavy atom. The van der Waals surface area contributed by atoms with Gasteiger partial charge in [0.15, 0.2) is 11.2 Å². The maximum atomic E-state index is 12.1. The second-order valence-corrected chi connectivity index (χ2v) is 3.74. The molecular weight excluding hydrogens is 206 g/mol. The van der Waals surface area contributed by atoms with Crippen LogP contribution < -0.4 is 10.7 Å². The van der Waals surface area contributed by atoms with Crippen molar-refractivity contribution in [1.82, 2.24) is 5.32 Å².